The predicted molar refractivity (Wildman–Crippen MR) is 140 cm³/mol. The lowest BCUT2D eigenvalue weighted by Crippen LogP contribution is -2.47. The van der Waals surface area contributed by atoms with E-state index in [0.29, 0.717) is 61.3 Å². The monoisotopic (exact) mass is 510 g/mol. The molecule has 4 rings (SSSR count). The van der Waals surface area contributed by atoms with Gasteiger partial charge in [0.2, 0.25) is 5.91 Å². The standard InChI is InChI=1S/C27H34N4O6/c1-5-18-15-21-23(27(35)31(18)19-7-9-20(36-4)10-8-19)25(37-6-2)24(29(21)3)26(34)28-17-11-13-30(14-12-17)22(33)16-32/h7-10,15,17,32H,5-6,11-14,16H2,1-4H3,(H,28,34). The van der Waals surface area contributed by atoms with Gasteiger partial charge in [-0.1, -0.05) is 6.92 Å². The smallest absolute Gasteiger partial charge is 0.272 e. The number of aliphatic hydroxyl groups excluding tert-OH is 1. The third kappa shape index (κ3) is 4.93. The van der Waals surface area contributed by atoms with Gasteiger partial charge in [-0.3, -0.25) is 19.0 Å². The molecule has 10 heteroatoms. The van der Waals surface area contributed by atoms with E-state index in [1.54, 1.807) is 40.3 Å². The number of amides is 2. The second-order valence-electron chi connectivity index (χ2n) is 9.04. The molecule has 0 aliphatic carbocycles. The van der Waals surface area contributed by atoms with Crippen LogP contribution in [0.25, 0.3) is 16.6 Å². The molecule has 3 heterocycles. The maximum Gasteiger partial charge on any atom is 0.272 e. The number of fused-ring (bicyclic) bond motifs is 1. The minimum atomic E-state index is -0.515. The highest BCUT2D eigenvalue weighted by molar-refractivity contribution is 6.04. The van der Waals surface area contributed by atoms with E-state index in [1.807, 2.05) is 32.0 Å². The van der Waals surface area contributed by atoms with Gasteiger partial charge in [-0.25, -0.2) is 0 Å². The largest absolute Gasteiger partial charge is 0.497 e. The fourth-order valence-electron chi connectivity index (χ4n) is 4.96. The summed E-state index contributed by atoms with van der Waals surface area (Å²) in [7, 11) is 3.35. The average molecular weight is 511 g/mol. The number of aryl methyl sites for hydroxylation is 2. The van der Waals surface area contributed by atoms with Crippen LogP contribution in [0.3, 0.4) is 0 Å². The van der Waals surface area contributed by atoms with Crippen molar-refractivity contribution in [3.63, 3.8) is 0 Å². The molecule has 1 aliphatic rings. The molecular weight excluding hydrogens is 476 g/mol. The highest BCUT2D eigenvalue weighted by Gasteiger charge is 2.29. The Bertz CT molecular complexity index is 1350. The van der Waals surface area contributed by atoms with Gasteiger partial charge in [0.05, 0.1) is 19.2 Å². The molecule has 0 spiro atoms. The van der Waals surface area contributed by atoms with Crippen LogP contribution in [-0.4, -0.2) is 70.4 Å². The molecule has 0 atom stereocenters. The lowest BCUT2D eigenvalue weighted by atomic mass is 10.0. The van der Waals surface area contributed by atoms with Crippen LogP contribution in [0, 0.1) is 0 Å². The average Bonchev–Trinajstić information content (AvgIpc) is 3.20. The molecule has 1 aromatic carbocycles. The van der Waals surface area contributed by atoms with Crippen molar-refractivity contribution >= 4 is 22.7 Å². The number of aliphatic hydroxyl groups is 1. The van der Waals surface area contributed by atoms with Crippen LogP contribution < -0.4 is 20.3 Å². The normalized spacial score (nSPS) is 14.1. The van der Waals surface area contributed by atoms with Crippen molar-refractivity contribution in [1.82, 2.24) is 19.4 Å². The number of carbonyl (C=O) groups is 2. The topological polar surface area (TPSA) is 115 Å². The number of likely N-dealkylation sites (tertiary alicyclic amines) is 1. The summed E-state index contributed by atoms with van der Waals surface area (Å²) in [6.45, 7) is 4.50. The number of hydrogen-bond donors (Lipinski definition) is 2. The number of benzene rings is 1. The second kappa shape index (κ2) is 11.1. The molecule has 0 unspecified atom stereocenters. The van der Waals surface area contributed by atoms with Crippen molar-refractivity contribution in [2.45, 2.75) is 39.2 Å². The van der Waals surface area contributed by atoms with Gasteiger partial charge in [0, 0.05) is 37.6 Å². The minimum Gasteiger partial charge on any atom is -0.497 e. The number of carbonyl (C=O) groups excluding carboxylic acids is 2. The molecule has 2 N–H and O–H groups in total. The van der Waals surface area contributed by atoms with E-state index >= 15 is 0 Å². The first-order chi connectivity index (χ1) is 17.8. The van der Waals surface area contributed by atoms with Crippen LogP contribution in [0.2, 0.25) is 0 Å². The van der Waals surface area contributed by atoms with Crippen molar-refractivity contribution in [3.8, 4) is 17.2 Å². The molecular formula is C27H34N4O6. The Balaban J connectivity index is 1.75. The zero-order valence-electron chi connectivity index (χ0n) is 21.7. The summed E-state index contributed by atoms with van der Waals surface area (Å²) in [5.41, 5.74) is 2.17. The summed E-state index contributed by atoms with van der Waals surface area (Å²) in [6, 6.07) is 9.06. The highest BCUT2D eigenvalue weighted by atomic mass is 16.5. The second-order valence-corrected chi connectivity index (χ2v) is 9.04. The van der Waals surface area contributed by atoms with Crippen LogP contribution in [-0.2, 0) is 18.3 Å². The molecule has 3 aromatic rings. The Hall–Kier alpha value is -3.79. The van der Waals surface area contributed by atoms with E-state index in [9.17, 15) is 14.4 Å². The van der Waals surface area contributed by atoms with Crippen LogP contribution >= 0.6 is 0 Å². The fourth-order valence-corrected chi connectivity index (χ4v) is 4.96. The molecule has 1 saturated heterocycles. The van der Waals surface area contributed by atoms with E-state index in [4.69, 9.17) is 14.6 Å². The fraction of sp³-hybridized carbons (Fsp3) is 0.444. The SMILES string of the molecule is CCOc1c(C(=O)NC2CCN(C(=O)CO)CC2)n(C)c2cc(CC)n(-c3ccc(OC)cc3)c(=O)c12. The molecule has 0 radical (unpaired) electrons. The van der Waals surface area contributed by atoms with Gasteiger partial charge in [0.15, 0.2) is 11.4 Å². The van der Waals surface area contributed by atoms with E-state index in [0.717, 1.165) is 5.69 Å². The quantitative estimate of drug-likeness (QED) is 0.479. The Morgan fingerprint density at radius 2 is 1.81 bits per heavy atom. The Kier molecular flexibility index (Phi) is 7.87. The van der Waals surface area contributed by atoms with E-state index in [-0.39, 0.29) is 34.9 Å². The van der Waals surface area contributed by atoms with Gasteiger partial charge in [-0.05, 0) is 56.5 Å². The number of nitrogens with one attached hydrogen (secondary N) is 1. The van der Waals surface area contributed by atoms with Crippen LogP contribution in [0.1, 0.15) is 42.9 Å². The van der Waals surface area contributed by atoms with Crippen molar-refractivity contribution < 1.29 is 24.2 Å². The number of hydrogen-bond acceptors (Lipinski definition) is 6. The Morgan fingerprint density at radius 1 is 1.14 bits per heavy atom. The first-order valence-electron chi connectivity index (χ1n) is 12.6. The van der Waals surface area contributed by atoms with Crippen molar-refractivity contribution in [2.24, 2.45) is 7.05 Å². The van der Waals surface area contributed by atoms with E-state index in [2.05, 4.69) is 5.32 Å². The number of aromatic nitrogens is 2. The third-order valence-corrected chi connectivity index (χ3v) is 6.92. The van der Waals surface area contributed by atoms with Crippen LogP contribution in [0.5, 0.6) is 11.5 Å². The van der Waals surface area contributed by atoms with Gasteiger partial charge in [0.1, 0.15) is 17.7 Å². The molecule has 1 fully saturated rings. The molecule has 0 saturated carbocycles. The number of pyridine rings is 1. The van der Waals surface area contributed by atoms with Gasteiger partial charge in [-0.15, -0.1) is 0 Å². The van der Waals surface area contributed by atoms with Crippen molar-refractivity contribution in [1.29, 1.82) is 0 Å². The molecule has 10 nitrogen and oxygen atoms in total. The summed E-state index contributed by atoms with van der Waals surface area (Å²) in [4.78, 5) is 40.8. The van der Waals surface area contributed by atoms with E-state index in [1.165, 1.54) is 0 Å². The Morgan fingerprint density at radius 3 is 2.38 bits per heavy atom. The number of nitrogens with zero attached hydrogens (tertiary/aromatic N) is 3. The number of rotatable bonds is 8. The van der Waals surface area contributed by atoms with Crippen molar-refractivity contribution in [2.75, 3.05) is 33.4 Å². The number of methoxy groups -OCH3 is 1. The van der Waals surface area contributed by atoms with Gasteiger partial charge in [0.25, 0.3) is 11.5 Å². The molecule has 198 valence electrons. The zero-order chi connectivity index (χ0) is 26.7. The first kappa shape index (κ1) is 26.3. The van der Waals surface area contributed by atoms with Gasteiger partial charge < -0.3 is 29.4 Å². The zero-order valence-corrected chi connectivity index (χ0v) is 21.7. The first-order valence-corrected chi connectivity index (χ1v) is 12.6. The molecule has 2 amide bonds. The molecule has 0 bridgehead atoms. The predicted octanol–water partition coefficient (Wildman–Crippen LogP) is 2.01. The van der Waals surface area contributed by atoms with Crippen LogP contribution in [0.15, 0.2) is 35.1 Å². The maximum absolute atomic E-state index is 13.9. The lowest BCUT2D eigenvalue weighted by Gasteiger charge is -2.32. The molecule has 1 aliphatic heterocycles. The minimum absolute atomic E-state index is 0.134. The summed E-state index contributed by atoms with van der Waals surface area (Å²) in [6.07, 6.45) is 1.77. The molecule has 2 aromatic heterocycles. The highest BCUT2D eigenvalue weighted by Crippen LogP contribution is 2.32. The van der Waals surface area contributed by atoms with Gasteiger partial charge >= 0.3 is 0 Å². The number of ether oxygens (including phenoxy) is 2. The maximum atomic E-state index is 13.9. The molecule has 37 heavy (non-hydrogen) atoms. The summed E-state index contributed by atoms with van der Waals surface area (Å²) >= 11 is 0. The van der Waals surface area contributed by atoms with E-state index < -0.39 is 6.61 Å². The lowest BCUT2D eigenvalue weighted by molar-refractivity contribution is -0.135. The summed E-state index contributed by atoms with van der Waals surface area (Å²) in [5.74, 6) is 0.316. The van der Waals surface area contributed by atoms with Crippen molar-refractivity contribution in [3.05, 3.63) is 52.1 Å². The van der Waals surface area contributed by atoms with Crippen LogP contribution in [0.4, 0.5) is 0 Å². The van der Waals surface area contributed by atoms with Gasteiger partial charge in [-0.2, -0.15) is 0 Å². The number of piperidine rings is 1. The summed E-state index contributed by atoms with van der Waals surface area (Å²) in [5, 5.41) is 12.5. The Labute approximate surface area is 215 Å². The summed E-state index contributed by atoms with van der Waals surface area (Å²) < 4.78 is 14.6. The third-order valence-electron chi connectivity index (χ3n) is 6.92.